The lowest BCUT2D eigenvalue weighted by atomic mass is 9.45. The number of aliphatic hydroxyl groups excluding tert-OH is 3. The zero-order valence-corrected chi connectivity index (χ0v) is 26.8. The molecule has 13 heteroatoms. The van der Waals surface area contributed by atoms with Crippen molar-refractivity contribution in [1.29, 1.82) is 0 Å². The fourth-order valence-electron chi connectivity index (χ4n) is 8.13. The van der Waals surface area contributed by atoms with Crippen molar-refractivity contribution in [2.45, 2.75) is 129 Å². The van der Waals surface area contributed by atoms with Gasteiger partial charge in [0.1, 0.15) is 29.5 Å². The Labute approximate surface area is 256 Å². The number of esters is 2. The topological polar surface area (TPSA) is 209 Å². The van der Waals surface area contributed by atoms with Gasteiger partial charge in [0, 0.05) is 38.0 Å². The summed E-state index contributed by atoms with van der Waals surface area (Å²) in [7, 11) is 0. The first-order valence-corrected chi connectivity index (χ1v) is 15.0. The summed E-state index contributed by atoms with van der Waals surface area (Å²) >= 11 is 0. The van der Waals surface area contributed by atoms with Gasteiger partial charge in [-0.15, -0.1) is 0 Å². The van der Waals surface area contributed by atoms with Gasteiger partial charge in [0.25, 0.3) is 0 Å². The Morgan fingerprint density at radius 1 is 1.07 bits per heavy atom. The lowest BCUT2D eigenvalue weighted by molar-refractivity contribution is -0.345. The average molecular weight is 626 g/mol. The number of ketones is 1. The number of carbonyl (C=O) groups is 4. The molecule has 3 fully saturated rings. The third-order valence-corrected chi connectivity index (χ3v) is 10.8. The van der Waals surface area contributed by atoms with Crippen LogP contribution in [0.5, 0.6) is 0 Å². The first-order valence-electron chi connectivity index (χ1n) is 15.0. The molecule has 0 aromatic heterocycles. The summed E-state index contributed by atoms with van der Waals surface area (Å²) < 4.78 is 17.1. The molecule has 248 valence electrons. The molecule has 44 heavy (non-hydrogen) atoms. The van der Waals surface area contributed by atoms with Gasteiger partial charge >= 0.3 is 11.9 Å². The van der Waals surface area contributed by atoms with E-state index < -0.39 is 106 Å². The van der Waals surface area contributed by atoms with Crippen molar-refractivity contribution in [1.82, 2.24) is 5.32 Å². The first-order chi connectivity index (χ1) is 20.0. The fourth-order valence-corrected chi connectivity index (χ4v) is 8.13. The van der Waals surface area contributed by atoms with Crippen LogP contribution in [0.3, 0.4) is 0 Å². The second-order valence-corrected chi connectivity index (χ2v) is 14.9. The van der Waals surface area contributed by atoms with Gasteiger partial charge in [-0.1, -0.05) is 34.6 Å². The Balaban J connectivity index is 1.89. The van der Waals surface area contributed by atoms with Crippen LogP contribution >= 0.6 is 0 Å². The number of aliphatic hydroxyl groups is 5. The highest BCUT2D eigenvalue weighted by Crippen LogP contribution is 2.63. The predicted octanol–water partition coefficient (Wildman–Crippen LogP) is -0.320. The van der Waals surface area contributed by atoms with Crippen molar-refractivity contribution in [2.24, 2.45) is 22.2 Å². The molecule has 0 aromatic carbocycles. The van der Waals surface area contributed by atoms with Crippen LogP contribution in [0.25, 0.3) is 0 Å². The quantitative estimate of drug-likeness (QED) is 0.172. The number of carbonyl (C=O) groups excluding carboxylic acids is 4. The molecule has 0 spiro atoms. The van der Waals surface area contributed by atoms with E-state index in [9.17, 15) is 44.7 Å². The second kappa shape index (κ2) is 10.8. The van der Waals surface area contributed by atoms with Crippen LogP contribution in [0.15, 0.2) is 11.1 Å². The summed E-state index contributed by atoms with van der Waals surface area (Å²) in [5.41, 5.74) is -7.94. The third kappa shape index (κ3) is 4.91. The molecule has 11 atom stereocenters. The highest BCUT2D eigenvalue weighted by Gasteiger charge is 2.76. The second-order valence-electron chi connectivity index (χ2n) is 14.9. The van der Waals surface area contributed by atoms with Crippen molar-refractivity contribution in [3.05, 3.63) is 11.1 Å². The smallest absolute Gasteiger partial charge is 0.337 e. The Kier molecular flexibility index (Phi) is 8.49. The van der Waals surface area contributed by atoms with Crippen molar-refractivity contribution in [3.63, 3.8) is 0 Å². The summed E-state index contributed by atoms with van der Waals surface area (Å²) in [6, 6.07) is -1.05. The number of fused-ring (bicyclic) bond motifs is 5. The predicted molar refractivity (Wildman–Crippen MR) is 152 cm³/mol. The van der Waals surface area contributed by atoms with Gasteiger partial charge in [-0.05, 0) is 30.4 Å². The molecule has 4 rings (SSSR count). The standard InChI is InChI=1S/C31H47NO12/c1-13-16(44-26(39)21(37)23(27(4,5)6)32-14(2)33)11-31(41)25(43-15(3)34)22-29(9,17(35)10-18-30(22,40)12-42-18)24(38)20(36)19(13)28(31,7)8/h16-18,20-23,25,35-37,40-41H,10-12H2,1-9H3,(H,32,33)/t16?,17-,18+,20+,21+,22-,23+,25-,29+,30-,31+/m0/s1. The molecule has 6 N–H and O–H groups in total. The number of hydrogen-bond donors (Lipinski definition) is 6. The average Bonchev–Trinajstić information content (AvgIpc) is 2.88. The maximum absolute atomic E-state index is 14.3. The van der Waals surface area contributed by atoms with E-state index in [1.165, 1.54) is 20.8 Å². The molecule has 0 radical (unpaired) electrons. The van der Waals surface area contributed by atoms with Crippen LogP contribution in [-0.4, -0.2) is 110 Å². The van der Waals surface area contributed by atoms with Crippen LogP contribution < -0.4 is 5.32 Å². The lowest BCUT2D eigenvalue weighted by Gasteiger charge is -2.66. The summed E-state index contributed by atoms with van der Waals surface area (Å²) in [6.45, 7) is 13.2. The minimum Gasteiger partial charge on any atom is -0.459 e. The summed E-state index contributed by atoms with van der Waals surface area (Å²) in [6.07, 6.45) is -9.62. The molecule has 1 heterocycles. The Morgan fingerprint density at radius 2 is 1.66 bits per heavy atom. The molecule has 1 saturated heterocycles. The van der Waals surface area contributed by atoms with Gasteiger partial charge in [-0.25, -0.2) is 4.79 Å². The summed E-state index contributed by atoms with van der Waals surface area (Å²) in [5.74, 6) is -4.74. The molecule has 2 saturated carbocycles. The number of ether oxygens (including phenoxy) is 3. The Hall–Kier alpha value is -2.42. The highest BCUT2D eigenvalue weighted by atomic mass is 16.6. The normalized spacial score (nSPS) is 41.1. The van der Waals surface area contributed by atoms with Crippen molar-refractivity contribution in [3.8, 4) is 0 Å². The monoisotopic (exact) mass is 625 g/mol. The van der Waals surface area contributed by atoms with Crippen molar-refractivity contribution in [2.75, 3.05) is 6.61 Å². The van der Waals surface area contributed by atoms with E-state index in [4.69, 9.17) is 14.2 Å². The molecule has 1 amide bonds. The van der Waals surface area contributed by atoms with Crippen LogP contribution in [-0.2, 0) is 33.4 Å². The number of rotatable bonds is 5. The van der Waals surface area contributed by atoms with E-state index in [-0.39, 0.29) is 24.2 Å². The minimum absolute atomic E-state index is 0.000715. The summed E-state index contributed by atoms with van der Waals surface area (Å²) in [5, 5.41) is 61.3. The number of Topliss-reactive ketones (excluding diaryl/α,β-unsaturated/α-hetero) is 1. The molecule has 1 unspecified atom stereocenters. The SMILES string of the molecule is CC(=O)N[C@H]([C@@H](O)C(=O)OC1C[C@@]2(O)[C@@H](OC(C)=O)[C@@H]3[C@]4(O)CO[C@@H]4C[C@H](O)[C@@]3(C)C(=O)[C@H](O)C(=C1C)C2(C)C)C(C)(C)C. The lowest BCUT2D eigenvalue weighted by Crippen LogP contribution is -2.81. The number of amides is 1. The van der Waals surface area contributed by atoms with Crippen molar-refractivity contribution < 1.29 is 58.9 Å². The van der Waals surface area contributed by atoms with E-state index in [0.717, 1.165) is 6.92 Å². The van der Waals surface area contributed by atoms with Gasteiger partial charge in [0.05, 0.1) is 30.3 Å². The molecule has 13 nitrogen and oxygen atoms in total. The molecule has 1 aliphatic heterocycles. The highest BCUT2D eigenvalue weighted by molar-refractivity contribution is 5.93. The molecule has 0 aromatic rings. The largest absolute Gasteiger partial charge is 0.459 e. The van der Waals surface area contributed by atoms with E-state index in [2.05, 4.69) is 5.32 Å². The maximum Gasteiger partial charge on any atom is 0.337 e. The van der Waals surface area contributed by atoms with Crippen LogP contribution in [0.1, 0.15) is 75.2 Å². The molecule has 4 aliphatic rings. The van der Waals surface area contributed by atoms with Gasteiger partial charge in [0.2, 0.25) is 5.91 Å². The fraction of sp³-hybridized carbons (Fsp3) is 0.806. The van der Waals surface area contributed by atoms with Crippen LogP contribution in [0, 0.1) is 22.2 Å². The first kappa shape index (κ1) is 34.5. The van der Waals surface area contributed by atoms with Gasteiger partial charge in [0.15, 0.2) is 11.9 Å². The van der Waals surface area contributed by atoms with Crippen LogP contribution in [0.2, 0.25) is 0 Å². The Morgan fingerprint density at radius 3 is 2.14 bits per heavy atom. The zero-order chi connectivity index (χ0) is 33.5. The number of hydrogen-bond acceptors (Lipinski definition) is 12. The van der Waals surface area contributed by atoms with Gasteiger partial charge in [-0.2, -0.15) is 0 Å². The van der Waals surface area contributed by atoms with E-state index in [1.54, 1.807) is 34.6 Å². The number of nitrogens with one attached hydrogen (secondary N) is 1. The maximum atomic E-state index is 14.3. The van der Waals surface area contributed by atoms with E-state index in [1.807, 2.05) is 0 Å². The minimum atomic E-state index is -2.19. The third-order valence-electron chi connectivity index (χ3n) is 10.8. The van der Waals surface area contributed by atoms with Crippen molar-refractivity contribution >= 4 is 23.6 Å². The Bertz CT molecular complexity index is 1270. The zero-order valence-electron chi connectivity index (χ0n) is 26.8. The van der Waals surface area contributed by atoms with E-state index in [0.29, 0.717) is 0 Å². The molecular formula is C31H47NO12. The van der Waals surface area contributed by atoms with Gasteiger partial charge in [-0.3, -0.25) is 14.4 Å². The molecule has 3 aliphatic carbocycles. The summed E-state index contributed by atoms with van der Waals surface area (Å²) in [4.78, 5) is 52.2. The van der Waals surface area contributed by atoms with Crippen LogP contribution in [0.4, 0.5) is 0 Å². The van der Waals surface area contributed by atoms with Gasteiger partial charge < -0.3 is 45.1 Å². The van der Waals surface area contributed by atoms with E-state index >= 15 is 0 Å². The molecular weight excluding hydrogens is 578 g/mol. The molecule has 2 bridgehead atoms.